The molecule has 0 radical (unpaired) electrons. The highest BCUT2D eigenvalue weighted by atomic mass is 32.2. The zero-order valence-corrected chi connectivity index (χ0v) is 17.4. The minimum Gasteiger partial charge on any atom is -0.342 e. The number of aromatic nitrogens is 1. The van der Waals surface area contributed by atoms with Crippen molar-refractivity contribution < 1.29 is 4.79 Å². The standard InChI is InChI=1S/C22H24N2OS2/c1-17-23-19(15-26-17)16-27-21-13-7-6-12-20(21)22(25)24(2)14-8-11-18-9-4-3-5-10-18/h3-7,9-10,12-13,15H,8,11,14,16H2,1-2H3. The van der Waals surface area contributed by atoms with Crippen LogP contribution < -0.4 is 0 Å². The maximum absolute atomic E-state index is 12.9. The van der Waals surface area contributed by atoms with E-state index < -0.39 is 0 Å². The number of rotatable bonds is 8. The van der Waals surface area contributed by atoms with Gasteiger partial charge in [0.25, 0.3) is 5.91 Å². The number of nitrogens with zero attached hydrogens (tertiary/aromatic N) is 2. The van der Waals surface area contributed by atoms with Crippen LogP contribution in [0.2, 0.25) is 0 Å². The van der Waals surface area contributed by atoms with Crippen molar-refractivity contribution >= 4 is 29.0 Å². The fourth-order valence-corrected chi connectivity index (χ4v) is 4.52. The molecule has 0 aliphatic rings. The summed E-state index contributed by atoms with van der Waals surface area (Å²) in [6, 6.07) is 18.3. The van der Waals surface area contributed by atoms with Gasteiger partial charge in [-0.15, -0.1) is 23.1 Å². The van der Waals surface area contributed by atoms with Gasteiger partial charge in [0, 0.05) is 29.6 Å². The van der Waals surface area contributed by atoms with E-state index in [2.05, 4.69) is 34.6 Å². The van der Waals surface area contributed by atoms with Crippen LogP contribution in [0.1, 0.15) is 33.0 Å². The summed E-state index contributed by atoms with van der Waals surface area (Å²) in [5.41, 5.74) is 3.16. The lowest BCUT2D eigenvalue weighted by Crippen LogP contribution is -2.28. The van der Waals surface area contributed by atoms with Crippen molar-refractivity contribution in [3.8, 4) is 0 Å². The van der Waals surface area contributed by atoms with Crippen molar-refractivity contribution in [2.24, 2.45) is 0 Å². The Morgan fingerprint density at radius 2 is 1.85 bits per heavy atom. The minimum atomic E-state index is 0.0839. The summed E-state index contributed by atoms with van der Waals surface area (Å²) in [4.78, 5) is 20.3. The summed E-state index contributed by atoms with van der Waals surface area (Å²) in [5.74, 6) is 0.868. The lowest BCUT2D eigenvalue weighted by molar-refractivity contribution is 0.0790. The number of benzene rings is 2. The molecule has 0 N–H and O–H groups in total. The molecular formula is C22H24N2OS2. The van der Waals surface area contributed by atoms with Gasteiger partial charge >= 0.3 is 0 Å². The Balaban J connectivity index is 1.58. The largest absolute Gasteiger partial charge is 0.342 e. The van der Waals surface area contributed by atoms with E-state index in [0.717, 1.165) is 46.3 Å². The molecule has 2 aromatic carbocycles. The number of hydrogen-bond acceptors (Lipinski definition) is 4. The summed E-state index contributed by atoms with van der Waals surface area (Å²) in [7, 11) is 1.89. The van der Waals surface area contributed by atoms with Crippen molar-refractivity contribution in [2.45, 2.75) is 30.4 Å². The topological polar surface area (TPSA) is 33.2 Å². The Kier molecular flexibility index (Phi) is 7.07. The third-order valence-electron chi connectivity index (χ3n) is 4.31. The molecule has 3 aromatic rings. The molecule has 3 nitrogen and oxygen atoms in total. The van der Waals surface area contributed by atoms with E-state index in [0.29, 0.717) is 0 Å². The summed E-state index contributed by atoms with van der Waals surface area (Å²) >= 11 is 3.34. The molecule has 0 saturated heterocycles. The van der Waals surface area contributed by atoms with E-state index >= 15 is 0 Å². The van der Waals surface area contributed by atoms with Crippen molar-refractivity contribution in [3.63, 3.8) is 0 Å². The SMILES string of the molecule is Cc1nc(CSc2ccccc2C(=O)N(C)CCCc2ccccc2)cs1. The van der Waals surface area contributed by atoms with Crippen LogP contribution in [0, 0.1) is 6.92 Å². The van der Waals surface area contributed by atoms with Crippen molar-refractivity contribution in [1.82, 2.24) is 9.88 Å². The molecule has 1 amide bonds. The molecule has 0 fully saturated rings. The predicted molar refractivity (Wildman–Crippen MR) is 115 cm³/mol. The van der Waals surface area contributed by atoms with Gasteiger partial charge in [0.2, 0.25) is 0 Å². The van der Waals surface area contributed by atoms with Gasteiger partial charge in [-0.3, -0.25) is 4.79 Å². The Hall–Kier alpha value is -2.11. The average molecular weight is 397 g/mol. The molecule has 0 saturated carbocycles. The molecule has 0 atom stereocenters. The lowest BCUT2D eigenvalue weighted by atomic mass is 10.1. The van der Waals surface area contributed by atoms with Crippen molar-refractivity contribution in [1.29, 1.82) is 0 Å². The van der Waals surface area contributed by atoms with E-state index in [1.54, 1.807) is 23.1 Å². The van der Waals surface area contributed by atoms with E-state index in [1.165, 1.54) is 5.56 Å². The van der Waals surface area contributed by atoms with Gasteiger partial charge in [-0.25, -0.2) is 4.98 Å². The fraction of sp³-hybridized carbons (Fsp3) is 0.273. The predicted octanol–water partition coefficient (Wildman–Crippen LogP) is 5.45. The molecule has 27 heavy (non-hydrogen) atoms. The smallest absolute Gasteiger partial charge is 0.254 e. The van der Waals surface area contributed by atoms with Crippen LogP contribution in [0.25, 0.3) is 0 Å². The molecule has 140 valence electrons. The van der Waals surface area contributed by atoms with Crippen LogP contribution in [0.4, 0.5) is 0 Å². The van der Waals surface area contributed by atoms with Gasteiger partial charge in [0.05, 0.1) is 16.3 Å². The molecule has 1 heterocycles. The zero-order chi connectivity index (χ0) is 19.1. The van der Waals surface area contributed by atoms with E-state index in [-0.39, 0.29) is 5.91 Å². The highest BCUT2D eigenvalue weighted by Gasteiger charge is 2.16. The lowest BCUT2D eigenvalue weighted by Gasteiger charge is -2.19. The summed E-state index contributed by atoms with van der Waals surface area (Å²) in [6.45, 7) is 2.76. The normalized spacial score (nSPS) is 10.7. The number of aryl methyl sites for hydroxylation is 2. The fourth-order valence-electron chi connectivity index (χ4n) is 2.87. The molecule has 1 aromatic heterocycles. The second-order valence-electron chi connectivity index (χ2n) is 6.46. The van der Waals surface area contributed by atoms with Crippen LogP contribution in [0.5, 0.6) is 0 Å². The molecular weight excluding hydrogens is 372 g/mol. The number of thiazole rings is 1. The Bertz CT molecular complexity index is 877. The van der Waals surface area contributed by atoms with Gasteiger partial charge in [0.15, 0.2) is 0 Å². The maximum Gasteiger partial charge on any atom is 0.254 e. The summed E-state index contributed by atoms with van der Waals surface area (Å²) in [5, 5.41) is 3.16. The Labute approximate surface area is 169 Å². The number of carbonyl (C=O) groups is 1. The number of thioether (sulfide) groups is 1. The second-order valence-corrected chi connectivity index (χ2v) is 8.54. The van der Waals surface area contributed by atoms with Crippen LogP contribution in [-0.4, -0.2) is 29.4 Å². The molecule has 0 bridgehead atoms. The summed E-state index contributed by atoms with van der Waals surface area (Å²) < 4.78 is 0. The first-order chi connectivity index (χ1) is 13.1. The highest BCUT2D eigenvalue weighted by Crippen LogP contribution is 2.27. The minimum absolute atomic E-state index is 0.0839. The number of hydrogen-bond donors (Lipinski definition) is 0. The van der Waals surface area contributed by atoms with Gasteiger partial charge in [0.1, 0.15) is 0 Å². The van der Waals surface area contributed by atoms with E-state index in [1.807, 2.05) is 49.2 Å². The van der Waals surface area contributed by atoms with Crippen molar-refractivity contribution in [2.75, 3.05) is 13.6 Å². The number of carbonyl (C=O) groups excluding carboxylic acids is 1. The number of amides is 1. The maximum atomic E-state index is 12.9. The molecule has 0 aliphatic carbocycles. The molecule has 0 spiro atoms. The zero-order valence-electron chi connectivity index (χ0n) is 15.7. The third kappa shape index (κ3) is 5.68. The third-order valence-corrected chi connectivity index (χ3v) is 6.24. The van der Waals surface area contributed by atoms with Gasteiger partial charge in [-0.2, -0.15) is 0 Å². The molecule has 3 rings (SSSR count). The monoisotopic (exact) mass is 396 g/mol. The Morgan fingerprint density at radius 1 is 1.11 bits per heavy atom. The van der Waals surface area contributed by atoms with Crippen LogP contribution in [0.15, 0.2) is 64.9 Å². The van der Waals surface area contributed by atoms with Crippen molar-refractivity contribution in [3.05, 3.63) is 81.8 Å². The molecule has 0 aliphatic heterocycles. The van der Waals surface area contributed by atoms with Crippen LogP contribution in [0.3, 0.4) is 0 Å². The van der Waals surface area contributed by atoms with Crippen LogP contribution in [-0.2, 0) is 12.2 Å². The van der Waals surface area contributed by atoms with Gasteiger partial charge in [-0.05, 0) is 37.5 Å². The molecule has 0 unspecified atom stereocenters. The quantitative estimate of drug-likeness (QED) is 0.475. The van der Waals surface area contributed by atoms with Gasteiger partial charge in [-0.1, -0.05) is 42.5 Å². The van der Waals surface area contributed by atoms with Gasteiger partial charge < -0.3 is 4.90 Å². The first-order valence-electron chi connectivity index (χ1n) is 9.05. The first kappa shape index (κ1) is 19.6. The first-order valence-corrected chi connectivity index (χ1v) is 10.9. The summed E-state index contributed by atoms with van der Waals surface area (Å²) in [6.07, 6.45) is 1.94. The average Bonchev–Trinajstić information content (AvgIpc) is 3.12. The highest BCUT2D eigenvalue weighted by molar-refractivity contribution is 7.98. The Morgan fingerprint density at radius 3 is 2.59 bits per heavy atom. The van der Waals surface area contributed by atoms with E-state index in [4.69, 9.17) is 0 Å². The van der Waals surface area contributed by atoms with Crippen LogP contribution >= 0.6 is 23.1 Å². The second kappa shape index (κ2) is 9.72. The molecule has 5 heteroatoms. The van der Waals surface area contributed by atoms with E-state index in [9.17, 15) is 4.79 Å².